The molecule has 0 aromatic heterocycles. The van der Waals surface area contributed by atoms with Crippen LogP contribution in [0.3, 0.4) is 0 Å². The van der Waals surface area contributed by atoms with Crippen LogP contribution >= 0.6 is 0 Å². The van der Waals surface area contributed by atoms with Crippen LogP contribution in [0.25, 0.3) is 0 Å². The molecule has 108 valence electrons. The normalized spacial score (nSPS) is 19.8. The zero-order valence-corrected chi connectivity index (χ0v) is 11.3. The number of carbonyl (C=O) groups is 1. The number of nitrogens with one attached hydrogen (secondary N) is 2. The highest BCUT2D eigenvalue weighted by atomic mass is 16.3. The first-order valence-electron chi connectivity index (χ1n) is 6.77. The molecule has 0 saturated carbocycles. The van der Waals surface area contributed by atoms with Crippen molar-refractivity contribution in [2.45, 2.75) is 19.0 Å². The van der Waals surface area contributed by atoms with E-state index < -0.39 is 0 Å². The minimum absolute atomic E-state index is 0.0578. The van der Waals surface area contributed by atoms with Crippen molar-refractivity contribution in [3.05, 3.63) is 65.1 Å². The predicted octanol–water partition coefficient (Wildman–Crippen LogP) is 1.64. The Bertz CT molecular complexity index is 674. The molecular formula is C16H16N2O3. The Hall–Kier alpha value is -2.69. The fourth-order valence-corrected chi connectivity index (χ4v) is 2.46. The number of fused-ring (bicyclic) bond motifs is 1. The van der Waals surface area contributed by atoms with Crippen molar-refractivity contribution in [2.75, 3.05) is 0 Å². The molecule has 1 amide bonds. The molecule has 1 aromatic carbocycles. The average Bonchev–Trinajstić information content (AvgIpc) is 2.88. The SMILES string of the molecule is O=C(NCc1cccc(O)c1)C1=CC2=CC(O)=CCC2N1. The molecule has 1 unspecified atom stereocenters. The first-order valence-corrected chi connectivity index (χ1v) is 6.77. The molecule has 0 spiro atoms. The summed E-state index contributed by atoms with van der Waals surface area (Å²) in [5, 5.41) is 24.8. The van der Waals surface area contributed by atoms with Gasteiger partial charge in [-0.25, -0.2) is 0 Å². The number of aromatic hydroxyl groups is 1. The maximum atomic E-state index is 12.1. The highest BCUT2D eigenvalue weighted by Crippen LogP contribution is 2.24. The Morgan fingerprint density at radius 2 is 2.19 bits per heavy atom. The van der Waals surface area contributed by atoms with Gasteiger partial charge in [-0.1, -0.05) is 12.1 Å². The number of hydrogen-bond donors (Lipinski definition) is 4. The van der Waals surface area contributed by atoms with Gasteiger partial charge in [0.2, 0.25) is 0 Å². The summed E-state index contributed by atoms with van der Waals surface area (Å²) in [5.41, 5.74) is 2.24. The van der Waals surface area contributed by atoms with E-state index in [1.807, 2.05) is 6.07 Å². The molecule has 0 bridgehead atoms. The molecule has 5 heteroatoms. The number of hydrogen-bond acceptors (Lipinski definition) is 4. The van der Waals surface area contributed by atoms with Crippen molar-refractivity contribution in [3.8, 4) is 5.75 Å². The molecule has 4 N–H and O–H groups in total. The molecule has 21 heavy (non-hydrogen) atoms. The van der Waals surface area contributed by atoms with E-state index in [2.05, 4.69) is 10.6 Å². The van der Waals surface area contributed by atoms with Gasteiger partial charge in [-0.05, 0) is 47.9 Å². The van der Waals surface area contributed by atoms with Crippen LogP contribution in [0, 0.1) is 0 Å². The van der Waals surface area contributed by atoms with Crippen molar-refractivity contribution in [2.24, 2.45) is 0 Å². The van der Waals surface area contributed by atoms with Gasteiger partial charge in [0, 0.05) is 6.54 Å². The number of phenolic OH excluding ortho intramolecular Hbond substituents is 1. The molecule has 3 rings (SSSR count). The van der Waals surface area contributed by atoms with Crippen molar-refractivity contribution < 1.29 is 15.0 Å². The molecule has 2 aliphatic rings. The summed E-state index contributed by atoms with van der Waals surface area (Å²) in [6, 6.07) is 6.82. The highest BCUT2D eigenvalue weighted by molar-refractivity contribution is 5.94. The third-order valence-corrected chi connectivity index (χ3v) is 3.53. The molecule has 1 heterocycles. The zero-order chi connectivity index (χ0) is 14.8. The summed E-state index contributed by atoms with van der Waals surface area (Å²) < 4.78 is 0. The lowest BCUT2D eigenvalue weighted by atomic mass is 10.0. The van der Waals surface area contributed by atoms with E-state index in [1.54, 1.807) is 36.4 Å². The monoisotopic (exact) mass is 284 g/mol. The minimum atomic E-state index is -0.201. The molecule has 1 aliphatic carbocycles. The second-order valence-corrected chi connectivity index (χ2v) is 5.12. The van der Waals surface area contributed by atoms with Gasteiger partial charge < -0.3 is 20.8 Å². The maximum absolute atomic E-state index is 12.1. The summed E-state index contributed by atoms with van der Waals surface area (Å²) >= 11 is 0. The van der Waals surface area contributed by atoms with Crippen molar-refractivity contribution >= 4 is 5.91 Å². The number of carbonyl (C=O) groups excluding carboxylic acids is 1. The van der Waals surface area contributed by atoms with Gasteiger partial charge in [-0.15, -0.1) is 0 Å². The largest absolute Gasteiger partial charge is 0.508 e. The lowest BCUT2D eigenvalue weighted by molar-refractivity contribution is -0.118. The summed E-state index contributed by atoms with van der Waals surface area (Å²) in [6.45, 7) is 0.347. The van der Waals surface area contributed by atoms with Gasteiger partial charge in [0.1, 0.15) is 17.2 Å². The van der Waals surface area contributed by atoms with E-state index in [9.17, 15) is 15.0 Å². The zero-order valence-electron chi connectivity index (χ0n) is 11.3. The molecule has 0 fully saturated rings. The number of phenols is 1. The molecular weight excluding hydrogens is 268 g/mol. The van der Waals surface area contributed by atoms with Gasteiger partial charge in [0.25, 0.3) is 5.91 Å². The van der Waals surface area contributed by atoms with Crippen molar-refractivity contribution in [3.63, 3.8) is 0 Å². The average molecular weight is 284 g/mol. The van der Waals surface area contributed by atoms with Gasteiger partial charge in [-0.3, -0.25) is 4.79 Å². The van der Waals surface area contributed by atoms with E-state index >= 15 is 0 Å². The molecule has 5 nitrogen and oxygen atoms in total. The van der Waals surface area contributed by atoms with E-state index in [-0.39, 0.29) is 23.5 Å². The third kappa shape index (κ3) is 2.91. The van der Waals surface area contributed by atoms with Crippen LogP contribution in [0.1, 0.15) is 12.0 Å². The van der Waals surface area contributed by atoms with E-state index in [0.29, 0.717) is 18.7 Å². The smallest absolute Gasteiger partial charge is 0.267 e. The first-order chi connectivity index (χ1) is 10.1. The molecule has 1 aromatic rings. The predicted molar refractivity (Wildman–Crippen MR) is 78.4 cm³/mol. The van der Waals surface area contributed by atoms with Crippen molar-refractivity contribution in [1.29, 1.82) is 0 Å². The number of amides is 1. The Balaban J connectivity index is 1.63. The summed E-state index contributed by atoms with van der Waals surface area (Å²) in [7, 11) is 0. The number of rotatable bonds is 3. The second kappa shape index (κ2) is 5.36. The quantitative estimate of drug-likeness (QED) is 0.680. The molecule has 0 saturated heterocycles. The van der Waals surface area contributed by atoms with Gasteiger partial charge >= 0.3 is 0 Å². The first kappa shape index (κ1) is 13.3. The van der Waals surface area contributed by atoms with Crippen LogP contribution in [0.4, 0.5) is 0 Å². The minimum Gasteiger partial charge on any atom is -0.508 e. The second-order valence-electron chi connectivity index (χ2n) is 5.12. The Kier molecular flexibility index (Phi) is 3.39. The highest BCUT2D eigenvalue weighted by Gasteiger charge is 2.26. The summed E-state index contributed by atoms with van der Waals surface area (Å²) in [4.78, 5) is 12.1. The van der Waals surface area contributed by atoms with E-state index in [4.69, 9.17) is 0 Å². The molecule has 1 atom stereocenters. The maximum Gasteiger partial charge on any atom is 0.267 e. The number of benzene rings is 1. The van der Waals surface area contributed by atoms with Gasteiger partial charge in [-0.2, -0.15) is 0 Å². The van der Waals surface area contributed by atoms with E-state index in [0.717, 1.165) is 11.1 Å². The van der Waals surface area contributed by atoms with Crippen LogP contribution in [0.5, 0.6) is 5.75 Å². The van der Waals surface area contributed by atoms with E-state index in [1.165, 1.54) is 0 Å². The van der Waals surface area contributed by atoms with Crippen LogP contribution in [-0.4, -0.2) is 22.2 Å². The lowest BCUT2D eigenvalue weighted by Gasteiger charge is -2.16. The fraction of sp³-hybridized carbons (Fsp3) is 0.188. The Labute approximate surface area is 122 Å². The third-order valence-electron chi connectivity index (χ3n) is 3.53. The van der Waals surface area contributed by atoms with Gasteiger partial charge in [0.15, 0.2) is 0 Å². The van der Waals surface area contributed by atoms with Gasteiger partial charge in [0.05, 0.1) is 6.04 Å². The molecule has 0 radical (unpaired) electrons. The van der Waals surface area contributed by atoms with Crippen LogP contribution < -0.4 is 10.6 Å². The van der Waals surface area contributed by atoms with Crippen LogP contribution in [0.2, 0.25) is 0 Å². The van der Waals surface area contributed by atoms with Crippen LogP contribution in [0.15, 0.2) is 59.5 Å². The Morgan fingerprint density at radius 1 is 1.33 bits per heavy atom. The fourth-order valence-electron chi connectivity index (χ4n) is 2.46. The standard InChI is InChI=1S/C16H16N2O3/c19-12-3-1-2-10(6-12)9-17-16(21)15-8-11-7-13(20)4-5-14(11)18-15/h1-4,6-8,14,18-20H,5,9H2,(H,17,21). The topological polar surface area (TPSA) is 81.6 Å². The lowest BCUT2D eigenvalue weighted by Crippen LogP contribution is -2.33. The Morgan fingerprint density at radius 3 is 3.00 bits per heavy atom. The number of aliphatic hydroxyl groups is 1. The number of allylic oxidation sites excluding steroid dienone is 1. The van der Waals surface area contributed by atoms with Crippen molar-refractivity contribution in [1.82, 2.24) is 10.6 Å². The summed E-state index contributed by atoms with van der Waals surface area (Å²) in [5.74, 6) is 0.214. The molecule has 1 aliphatic heterocycles. The summed E-state index contributed by atoms with van der Waals surface area (Å²) in [6.07, 6.45) is 5.81. The van der Waals surface area contributed by atoms with Crippen LogP contribution in [-0.2, 0) is 11.3 Å². The number of aliphatic hydroxyl groups excluding tert-OH is 1.